The lowest BCUT2D eigenvalue weighted by atomic mass is 10.0. The van der Waals surface area contributed by atoms with Gasteiger partial charge in [0.05, 0.1) is 6.42 Å². The Hall–Kier alpha value is -1.84. The summed E-state index contributed by atoms with van der Waals surface area (Å²) in [5.41, 5.74) is 2.32. The summed E-state index contributed by atoms with van der Waals surface area (Å²) in [6.07, 6.45) is 5.09. The molecule has 0 bridgehead atoms. The van der Waals surface area contributed by atoms with Gasteiger partial charge in [-0.2, -0.15) is 0 Å². The molecule has 0 atom stereocenters. The Morgan fingerprint density at radius 2 is 1.71 bits per heavy atom. The van der Waals surface area contributed by atoms with Crippen LogP contribution in [0.2, 0.25) is 0 Å². The number of nitrogens with one attached hydrogen (secondary N) is 1. The number of rotatable bonds is 10. The maximum atomic E-state index is 11.9. The predicted octanol–water partition coefficient (Wildman–Crippen LogP) is 2.94. The first-order chi connectivity index (χ1) is 10.1. The lowest BCUT2D eigenvalue weighted by Gasteiger charge is -2.08. The fourth-order valence-corrected chi connectivity index (χ4v) is 2.29. The first-order valence-electron chi connectivity index (χ1n) is 7.68. The van der Waals surface area contributed by atoms with Crippen LogP contribution in [0.4, 0.5) is 0 Å². The van der Waals surface area contributed by atoms with Crippen molar-refractivity contribution in [3.63, 3.8) is 0 Å². The van der Waals surface area contributed by atoms with Gasteiger partial charge in [0.1, 0.15) is 0 Å². The van der Waals surface area contributed by atoms with Gasteiger partial charge in [-0.05, 0) is 30.4 Å². The van der Waals surface area contributed by atoms with Gasteiger partial charge in [0.25, 0.3) is 0 Å². The molecule has 0 heterocycles. The van der Waals surface area contributed by atoms with Gasteiger partial charge in [-0.15, -0.1) is 0 Å². The van der Waals surface area contributed by atoms with Gasteiger partial charge in [0.15, 0.2) is 0 Å². The summed E-state index contributed by atoms with van der Waals surface area (Å²) in [6, 6.07) is 8.02. The zero-order valence-corrected chi connectivity index (χ0v) is 12.7. The van der Waals surface area contributed by atoms with Crippen LogP contribution < -0.4 is 5.32 Å². The SMILES string of the molecule is CCc1ccccc1CC(=O)NCCCCCCC(=O)O. The van der Waals surface area contributed by atoms with Crippen molar-refractivity contribution in [2.75, 3.05) is 6.54 Å². The van der Waals surface area contributed by atoms with Crippen LogP contribution in [-0.4, -0.2) is 23.5 Å². The molecule has 0 saturated carbocycles. The summed E-state index contributed by atoms with van der Waals surface area (Å²) < 4.78 is 0. The number of benzene rings is 1. The van der Waals surface area contributed by atoms with Crippen LogP contribution in [-0.2, 0) is 22.4 Å². The molecule has 4 heteroatoms. The average Bonchev–Trinajstić information content (AvgIpc) is 2.46. The highest BCUT2D eigenvalue weighted by Crippen LogP contribution is 2.10. The molecule has 0 unspecified atom stereocenters. The lowest BCUT2D eigenvalue weighted by molar-refractivity contribution is -0.137. The van der Waals surface area contributed by atoms with E-state index in [1.54, 1.807) is 0 Å². The van der Waals surface area contributed by atoms with Crippen molar-refractivity contribution in [2.45, 2.75) is 51.9 Å². The second-order valence-electron chi connectivity index (χ2n) is 5.21. The highest BCUT2D eigenvalue weighted by atomic mass is 16.4. The minimum atomic E-state index is -0.738. The van der Waals surface area contributed by atoms with Crippen LogP contribution in [0.1, 0.15) is 50.2 Å². The zero-order valence-electron chi connectivity index (χ0n) is 12.7. The average molecular weight is 291 g/mol. The van der Waals surface area contributed by atoms with Gasteiger partial charge >= 0.3 is 5.97 Å². The third-order valence-corrected chi connectivity index (χ3v) is 3.49. The Morgan fingerprint density at radius 1 is 1.05 bits per heavy atom. The summed E-state index contributed by atoms with van der Waals surface area (Å²) in [7, 11) is 0. The van der Waals surface area contributed by atoms with E-state index in [2.05, 4.69) is 18.3 Å². The fraction of sp³-hybridized carbons (Fsp3) is 0.529. The Bertz CT molecular complexity index is 457. The Balaban J connectivity index is 2.15. The number of unbranched alkanes of at least 4 members (excludes halogenated alkanes) is 3. The van der Waals surface area contributed by atoms with Crippen molar-refractivity contribution >= 4 is 11.9 Å². The number of aliphatic carboxylic acids is 1. The van der Waals surface area contributed by atoms with Crippen molar-refractivity contribution in [2.24, 2.45) is 0 Å². The smallest absolute Gasteiger partial charge is 0.303 e. The quantitative estimate of drug-likeness (QED) is 0.651. The number of carbonyl (C=O) groups excluding carboxylic acids is 1. The summed E-state index contributed by atoms with van der Waals surface area (Å²) in [6.45, 7) is 2.76. The van der Waals surface area contributed by atoms with E-state index in [4.69, 9.17) is 5.11 Å². The van der Waals surface area contributed by atoms with Gasteiger partial charge in [-0.1, -0.05) is 44.0 Å². The molecule has 0 aliphatic rings. The number of hydrogen-bond acceptors (Lipinski definition) is 2. The molecular weight excluding hydrogens is 266 g/mol. The molecule has 116 valence electrons. The van der Waals surface area contributed by atoms with E-state index in [0.29, 0.717) is 19.4 Å². The summed E-state index contributed by atoms with van der Waals surface area (Å²) in [5.74, 6) is -0.681. The summed E-state index contributed by atoms with van der Waals surface area (Å²) in [4.78, 5) is 22.2. The number of hydrogen-bond donors (Lipinski definition) is 2. The van der Waals surface area contributed by atoms with E-state index in [9.17, 15) is 9.59 Å². The topological polar surface area (TPSA) is 66.4 Å². The minimum Gasteiger partial charge on any atom is -0.481 e. The molecule has 0 spiro atoms. The Kier molecular flexibility index (Phi) is 8.17. The molecule has 1 aromatic carbocycles. The second-order valence-corrected chi connectivity index (χ2v) is 5.21. The van der Waals surface area contributed by atoms with Crippen LogP contribution in [0.3, 0.4) is 0 Å². The van der Waals surface area contributed by atoms with Crippen LogP contribution in [0.5, 0.6) is 0 Å². The van der Waals surface area contributed by atoms with E-state index >= 15 is 0 Å². The maximum absolute atomic E-state index is 11.9. The third-order valence-electron chi connectivity index (χ3n) is 3.49. The van der Waals surface area contributed by atoms with Crippen LogP contribution in [0.25, 0.3) is 0 Å². The number of aryl methyl sites for hydroxylation is 1. The molecule has 0 aliphatic heterocycles. The highest BCUT2D eigenvalue weighted by Gasteiger charge is 2.06. The zero-order chi connectivity index (χ0) is 15.5. The monoisotopic (exact) mass is 291 g/mol. The van der Waals surface area contributed by atoms with Gasteiger partial charge in [-0.25, -0.2) is 0 Å². The third kappa shape index (κ3) is 7.49. The molecule has 0 fully saturated rings. The molecule has 4 nitrogen and oxygen atoms in total. The molecule has 0 saturated heterocycles. The summed E-state index contributed by atoms with van der Waals surface area (Å²) in [5, 5.41) is 11.4. The number of carboxylic acids is 1. The van der Waals surface area contributed by atoms with Gasteiger partial charge in [-0.3, -0.25) is 9.59 Å². The molecule has 0 radical (unpaired) electrons. The second kappa shape index (κ2) is 9.97. The molecule has 1 aromatic rings. The largest absolute Gasteiger partial charge is 0.481 e. The normalized spacial score (nSPS) is 10.3. The van der Waals surface area contributed by atoms with Gasteiger partial charge in [0.2, 0.25) is 5.91 Å². The number of amides is 1. The van der Waals surface area contributed by atoms with Crippen molar-refractivity contribution in [3.05, 3.63) is 35.4 Å². The molecule has 1 amide bonds. The number of carboxylic acid groups (broad SMARTS) is 1. The molecular formula is C17H25NO3. The molecule has 1 rings (SSSR count). The van der Waals surface area contributed by atoms with E-state index in [-0.39, 0.29) is 12.3 Å². The molecule has 2 N–H and O–H groups in total. The molecule has 0 aliphatic carbocycles. The van der Waals surface area contributed by atoms with Crippen molar-refractivity contribution in [1.29, 1.82) is 0 Å². The standard InChI is InChI=1S/C17H25NO3/c1-2-14-9-6-7-10-15(14)13-16(19)18-12-8-4-3-5-11-17(20)21/h6-7,9-10H,2-5,8,11-13H2,1H3,(H,18,19)(H,20,21). The van der Waals surface area contributed by atoms with E-state index in [0.717, 1.165) is 31.2 Å². The van der Waals surface area contributed by atoms with Crippen LogP contribution >= 0.6 is 0 Å². The highest BCUT2D eigenvalue weighted by molar-refractivity contribution is 5.78. The number of carbonyl (C=O) groups is 2. The van der Waals surface area contributed by atoms with E-state index in [1.165, 1.54) is 5.56 Å². The first-order valence-corrected chi connectivity index (χ1v) is 7.68. The lowest BCUT2D eigenvalue weighted by Crippen LogP contribution is -2.26. The molecule has 0 aromatic heterocycles. The predicted molar refractivity (Wildman–Crippen MR) is 83.3 cm³/mol. The van der Waals surface area contributed by atoms with Crippen molar-refractivity contribution in [3.8, 4) is 0 Å². The Morgan fingerprint density at radius 3 is 2.38 bits per heavy atom. The van der Waals surface area contributed by atoms with Gasteiger partial charge < -0.3 is 10.4 Å². The minimum absolute atomic E-state index is 0.0569. The molecule has 21 heavy (non-hydrogen) atoms. The maximum Gasteiger partial charge on any atom is 0.303 e. The van der Waals surface area contributed by atoms with Crippen LogP contribution in [0.15, 0.2) is 24.3 Å². The van der Waals surface area contributed by atoms with Crippen LogP contribution in [0, 0.1) is 0 Å². The van der Waals surface area contributed by atoms with E-state index in [1.807, 2.05) is 18.2 Å². The van der Waals surface area contributed by atoms with Crippen molar-refractivity contribution in [1.82, 2.24) is 5.32 Å². The van der Waals surface area contributed by atoms with Gasteiger partial charge in [0, 0.05) is 13.0 Å². The van der Waals surface area contributed by atoms with Crippen molar-refractivity contribution < 1.29 is 14.7 Å². The Labute approximate surface area is 126 Å². The summed E-state index contributed by atoms with van der Waals surface area (Å²) >= 11 is 0. The van der Waals surface area contributed by atoms with E-state index < -0.39 is 5.97 Å². The first kappa shape index (κ1) is 17.2. The fourth-order valence-electron chi connectivity index (χ4n) is 2.29.